The average molecular weight is 590 g/mol. The minimum Gasteiger partial charge on any atom is -0.404 e. The Hall–Kier alpha value is -3.57. The quantitative estimate of drug-likeness (QED) is 0.298. The first-order valence-electron chi connectivity index (χ1n) is 13.4. The van der Waals surface area contributed by atoms with Crippen LogP contribution in [0.4, 0.5) is 10.2 Å². The van der Waals surface area contributed by atoms with E-state index in [2.05, 4.69) is 55.3 Å². The fourth-order valence-electron chi connectivity index (χ4n) is 5.14. The lowest BCUT2D eigenvalue weighted by molar-refractivity contribution is 0.0848. The van der Waals surface area contributed by atoms with Crippen LogP contribution in [0.2, 0.25) is 5.04 Å². The van der Waals surface area contributed by atoms with Crippen LogP contribution in [0, 0.1) is 5.82 Å². The number of benzene rings is 3. The number of aromatic nitrogens is 2. The Kier molecular flexibility index (Phi) is 8.55. The molecule has 0 spiro atoms. The molecule has 0 radical (unpaired) electrons. The second-order valence-corrected chi connectivity index (χ2v) is 16.4. The third-order valence-electron chi connectivity index (χ3n) is 7.07. The number of nitrogens with one attached hydrogen (secondary N) is 1. The molecule has 1 aliphatic rings. The number of rotatable bonds is 8. The topological polar surface area (TPSA) is 82.4 Å². The highest BCUT2D eigenvalue weighted by Gasteiger charge is 2.50. The molecule has 0 unspecified atom stereocenters. The maximum absolute atomic E-state index is 15.0. The van der Waals surface area contributed by atoms with E-state index in [0.717, 1.165) is 16.6 Å². The van der Waals surface area contributed by atoms with Gasteiger partial charge in [-0.25, -0.2) is 9.18 Å². The van der Waals surface area contributed by atoms with E-state index in [4.69, 9.17) is 9.16 Å². The van der Waals surface area contributed by atoms with Gasteiger partial charge >= 0.3 is 5.69 Å². The molecule has 3 aromatic carbocycles. The summed E-state index contributed by atoms with van der Waals surface area (Å²) in [6.07, 6.45) is 1.07. The Morgan fingerprint density at radius 2 is 1.59 bits per heavy atom. The van der Waals surface area contributed by atoms with Crippen LogP contribution in [0.5, 0.6) is 0 Å². The van der Waals surface area contributed by atoms with Gasteiger partial charge in [-0.1, -0.05) is 99.6 Å². The van der Waals surface area contributed by atoms with E-state index in [0.29, 0.717) is 12.2 Å². The molecule has 5 rings (SSSR count). The molecular weight excluding hydrogens is 558 g/mol. The molecule has 0 aliphatic carbocycles. The molecule has 212 valence electrons. The fourth-order valence-corrected chi connectivity index (χ4v) is 10.9. The molecule has 1 N–H and O–H groups in total. The minimum atomic E-state index is -2.76. The normalized spacial score (nSPS) is 17.4. The van der Waals surface area contributed by atoms with Crippen molar-refractivity contribution >= 4 is 42.2 Å². The zero-order chi connectivity index (χ0) is 29.0. The smallest absolute Gasteiger partial charge is 0.350 e. The van der Waals surface area contributed by atoms with Crippen molar-refractivity contribution in [2.75, 3.05) is 18.5 Å². The first kappa shape index (κ1) is 28.9. The number of carbonyl (C=O) groups excluding carboxylic acids is 1. The monoisotopic (exact) mass is 589 g/mol. The third-order valence-corrected chi connectivity index (χ3v) is 13.3. The predicted octanol–water partition coefficient (Wildman–Crippen LogP) is 4.80. The molecule has 2 atom stereocenters. The van der Waals surface area contributed by atoms with Crippen molar-refractivity contribution in [3.05, 3.63) is 119 Å². The number of anilines is 1. The van der Waals surface area contributed by atoms with E-state index in [1.165, 1.54) is 16.3 Å². The van der Waals surface area contributed by atoms with E-state index >= 15 is 0 Å². The van der Waals surface area contributed by atoms with E-state index in [1.807, 2.05) is 36.4 Å². The number of halogens is 1. The molecule has 1 aliphatic heterocycles. The lowest BCUT2D eigenvalue weighted by Crippen LogP contribution is -2.67. The summed E-state index contributed by atoms with van der Waals surface area (Å²) in [6.45, 7) is 7.10. The van der Waals surface area contributed by atoms with Crippen molar-refractivity contribution in [2.45, 2.75) is 36.6 Å². The van der Waals surface area contributed by atoms with E-state index < -0.39 is 36.9 Å². The Balaban J connectivity index is 1.33. The van der Waals surface area contributed by atoms with Gasteiger partial charge < -0.3 is 14.5 Å². The first-order chi connectivity index (χ1) is 19.7. The third kappa shape index (κ3) is 6.06. The Bertz CT molecular complexity index is 1510. The Morgan fingerprint density at radius 3 is 2.15 bits per heavy atom. The predicted molar refractivity (Wildman–Crippen MR) is 163 cm³/mol. The number of ether oxygens (including phenoxy) is 1. The van der Waals surface area contributed by atoms with Gasteiger partial charge in [-0.05, 0) is 27.5 Å². The van der Waals surface area contributed by atoms with Gasteiger partial charge in [0.1, 0.15) is 10.8 Å². The number of amides is 1. The summed E-state index contributed by atoms with van der Waals surface area (Å²) in [5.74, 6) is -1.76. The van der Waals surface area contributed by atoms with Crippen LogP contribution in [-0.2, 0) is 9.16 Å². The lowest BCUT2D eigenvalue weighted by atomic mass is 10.2. The Labute approximate surface area is 243 Å². The van der Waals surface area contributed by atoms with Gasteiger partial charge in [-0.2, -0.15) is 4.98 Å². The van der Waals surface area contributed by atoms with Gasteiger partial charge in [0.2, 0.25) is 0 Å². The fraction of sp³-hybridized carbons (Fsp3) is 0.258. The average Bonchev–Trinajstić information content (AvgIpc) is 3.45. The first-order valence-corrected chi connectivity index (χ1v) is 16.2. The zero-order valence-corrected chi connectivity index (χ0v) is 24.9. The molecular formula is C31H32FN3O4SSi. The summed E-state index contributed by atoms with van der Waals surface area (Å²) >= 11 is 1.39. The number of hydrogen-bond donors (Lipinski definition) is 1. The maximum Gasteiger partial charge on any atom is 0.350 e. The molecule has 10 heteroatoms. The van der Waals surface area contributed by atoms with E-state index in [1.54, 1.807) is 30.3 Å². The summed E-state index contributed by atoms with van der Waals surface area (Å²) < 4.78 is 29.2. The highest BCUT2D eigenvalue weighted by Crippen LogP contribution is 2.40. The summed E-state index contributed by atoms with van der Waals surface area (Å²) in [5.41, 5.74) is -0.708. The lowest BCUT2D eigenvalue weighted by Gasteiger charge is -2.43. The van der Waals surface area contributed by atoms with Gasteiger partial charge in [0, 0.05) is 11.8 Å². The standard InChI is InChI=1S/C31H32FN3O4SSi/c1-31(2,3)41(23-15-9-5-10-16-23,24-17-11-6-12-18-24)39-21-27-38-20-26(40-27)35-19-25(32)28(34-30(35)37)33-29(36)22-13-7-4-8-14-22/h4-19,26-27H,20-21H2,1-3H3,(H,33,34,36,37)/t26-,27-/m0/s1. The highest BCUT2D eigenvalue weighted by atomic mass is 32.2. The van der Waals surface area contributed by atoms with Crippen LogP contribution in [0.25, 0.3) is 0 Å². The molecule has 1 fully saturated rings. The van der Waals surface area contributed by atoms with Crippen LogP contribution in [0.1, 0.15) is 36.5 Å². The van der Waals surface area contributed by atoms with Gasteiger partial charge in [0.15, 0.2) is 11.6 Å². The van der Waals surface area contributed by atoms with Crippen molar-refractivity contribution in [1.29, 1.82) is 0 Å². The van der Waals surface area contributed by atoms with Crippen LogP contribution >= 0.6 is 11.8 Å². The summed E-state index contributed by atoms with van der Waals surface area (Å²) in [6, 6.07) is 29.0. The molecule has 4 aromatic rings. The van der Waals surface area contributed by atoms with Gasteiger partial charge in [-0.3, -0.25) is 9.36 Å². The molecule has 0 bridgehead atoms. The molecule has 2 heterocycles. The van der Waals surface area contributed by atoms with Crippen LogP contribution in [0.3, 0.4) is 0 Å². The second-order valence-electron chi connectivity index (χ2n) is 10.8. The SMILES string of the molecule is CC(C)(C)[Si](OC[C@H]1OC[C@@H](n2cc(F)c(NC(=O)c3ccccc3)nc2=O)S1)(c1ccccc1)c1ccccc1. The van der Waals surface area contributed by atoms with Gasteiger partial charge in [0.05, 0.1) is 13.2 Å². The van der Waals surface area contributed by atoms with Crippen LogP contribution < -0.4 is 21.4 Å². The van der Waals surface area contributed by atoms with Crippen LogP contribution in [0.15, 0.2) is 102 Å². The molecule has 41 heavy (non-hydrogen) atoms. The number of hydrogen-bond acceptors (Lipinski definition) is 6. The zero-order valence-electron chi connectivity index (χ0n) is 23.1. The summed E-state index contributed by atoms with van der Waals surface area (Å²) in [5, 5.41) is 4.02. The molecule has 0 saturated carbocycles. The Morgan fingerprint density at radius 1 is 1.02 bits per heavy atom. The van der Waals surface area contributed by atoms with Gasteiger partial charge in [-0.15, -0.1) is 11.8 Å². The van der Waals surface area contributed by atoms with Gasteiger partial charge in [0.25, 0.3) is 14.2 Å². The molecule has 1 saturated heterocycles. The van der Waals surface area contributed by atoms with E-state index in [9.17, 15) is 14.0 Å². The minimum absolute atomic E-state index is 0.191. The molecule has 7 nitrogen and oxygen atoms in total. The van der Waals surface area contributed by atoms with Crippen molar-refractivity contribution in [1.82, 2.24) is 9.55 Å². The van der Waals surface area contributed by atoms with Crippen molar-refractivity contribution in [2.24, 2.45) is 0 Å². The second kappa shape index (κ2) is 12.1. The number of thioether (sulfide) groups is 1. The largest absolute Gasteiger partial charge is 0.404 e. The summed E-state index contributed by atoms with van der Waals surface area (Å²) in [7, 11) is -2.76. The van der Waals surface area contributed by atoms with Crippen molar-refractivity contribution in [3.63, 3.8) is 0 Å². The van der Waals surface area contributed by atoms with E-state index in [-0.39, 0.29) is 17.1 Å². The number of nitrogens with zero attached hydrogens (tertiary/aromatic N) is 2. The van der Waals surface area contributed by atoms with Crippen molar-refractivity contribution < 1.29 is 18.3 Å². The maximum atomic E-state index is 15.0. The van der Waals surface area contributed by atoms with Crippen molar-refractivity contribution in [3.8, 4) is 0 Å². The number of carbonyl (C=O) groups is 1. The summed E-state index contributed by atoms with van der Waals surface area (Å²) in [4.78, 5) is 29.1. The van der Waals surface area contributed by atoms with Crippen LogP contribution in [-0.4, -0.2) is 42.4 Å². The molecule has 1 aromatic heterocycles. The highest BCUT2D eigenvalue weighted by molar-refractivity contribution is 8.00. The molecule has 1 amide bonds.